The molecule has 0 unspecified atom stereocenters. The monoisotopic (exact) mass is 258 g/mol. The lowest BCUT2D eigenvalue weighted by atomic mass is 10.0. The Morgan fingerprint density at radius 1 is 1.26 bits per heavy atom. The van der Waals surface area contributed by atoms with Gasteiger partial charge in [0, 0.05) is 12.1 Å². The van der Waals surface area contributed by atoms with Crippen molar-refractivity contribution in [3.05, 3.63) is 35.5 Å². The Morgan fingerprint density at radius 3 is 2.84 bits per heavy atom. The summed E-state index contributed by atoms with van der Waals surface area (Å²) in [5.41, 5.74) is 3.02. The molecule has 3 rings (SSSR count). The molecule has 2 heterocycles. The third kappa shape index (κ3) is 2.36. The average molecular weight is 258 g/mol. The molecule has 0 amide bonds. The van der Waals surface area contributed by atoms with Gasteiger partial charge in [0.05, 0.1) is 11.1 Å². The van der Waals surface area contributed by atoms with E-state index >= 15 is 0 Å². The molecule has 4 nitrogen and oxygen atoms in total. The lowest BCUT2D eigenvalue weighted by Gasteiger charge is -2.20. The van der Waals surface area contributed by atoms with Crippen LogP contribution in [-0.2, 0) is 13.2 Å². The first kappa shape index (κ1) is 12.2. The van der Waals surface area contributed by atoms with Gasteiger partial charge in [-0.15, -0.1) is 0 Å². The first-order valence-electron chi connectivity index (χ1n) is 6.49. The average Bonchev–Trinajstić information content (AvgIpc) is 2.79. The zero-order valence-electron chi connectivity index (χ0n) is 11.5. The van der Waals surface area contributed by atoms with Crippen LogP contribution in [0.25, 0.3) is 11.3 Å². The lowest BCUT2D eigenvalue weighted by molar-refractivity contribution is 0.296. The summed E-state index contributed by atoms with van der Waals surface area (Å²) >= 11 is 0. The van der Waals surface area contributed by atoms with E-state index in [0.29, 0.717) is 13.2 Å². The quantitative estimate of drug-likeness (QED) is 0.899. The van der Waals surface area contributed by atoms with Crippen LogP contribution in [0.3, 0.4) is 0 Å². The van der Waals surface area contributed by atoms with Gasteiger partial charge in [-0.2, -0.15) is 0 Å². The predicted octanol–water partition coefficient (Wildman–Crippen LogP) is 3.12. The highest BCUT2D eigenvalue weighted by Gasteiger charge is 2.25. The first-order chi connectivity index (χ1) is 9.04. The van der Waals surface area contributed by atoms with Crippen LogP contribution >= 0.6 is 0 Å². The minimum absolute atomic E-state index is 0.0548. The second-order valence-corrected chi connectivity index (χ2v) is 5.83. The molecule has 1 aromatic carbocycles. The SMILES string of the molecule is CC(C)(C)NCc1noc2c1COc1ccccc1-2. The molecule has 0 atom stereocenters. The highest BCUT2D eigenvalue weighted by Crippen LogP contribution is 2.38. The van der Waals surface area contributed by atoms with E-state index in [4.69, 9.17) is 9.26 Å². The molecule has 1 aliphatic heterocycles. The third-order valence-corrected chi connectivity index (χ3v) is 3.16. The molecule has 100 valence electrons. The molecule has 0 spiro atoms. The maximum absolute atomic E-state index is 5.75. The number of nitrogens with one attached hydrogen (secondary N) is 1. The topological polar surface area (TPSA) is 47.3 Å². The summed E-state index contributed by atoms with van der Waals surface area (Å²) in [6.45, 7) is 7.60. The predicted molar refractivity (Wildman–Crippen MR) is 72.9 cm³/mol. The number of para-hydroxylation sites is 1. The van der Waals surface area contributed by atoms with Crippen LogP contribution < -0.4 is 10.1 Å². The fourth-order valence-electron chi connectivity index (χ4n) is 2.12. The molecule has 0 saturated carbocycles. The molecule has 4 heteroatoms. The molecular formula is C15H18N2O2. The Hall–Kier alpha value is -1.81. The van der Waals surface area contributed by atoms with E-state index in [1.807, 2.05) is 24.3 Å². The van der Waals surface area contributed by atoms with Crippen LogP contribution in [0.15, 0.2) is 28.8 Å². The summed E-state index contributed by atoms with van der Waals surface area (Å²) in [5.74, 6) is 1.70. The van der Waals surface area contributed by atoms with E-state index in [-0.39, 0.29) is 5.54 Å². The molecule has 1 aliphatic rings. The van der Waals surface area contributed by atoms with Crippen molar-refractivity contribution in [3.8, 4) is 17.1 Å². The van der Waals surface area contributed by atoms with E-state index in [9.17, 15) is 0 Å². The fourth-order valence-corrected chi connectivity index (χ4v) is 2.12. The number of rotatable bonds is 2. The fraction of sp³-hybridized carbons (Fsp3) is 0.400. The summed E-state index contributed by atoms with van der Waals surface area (Å²) in [6, 6.07) is 7.89. The summed E-state index contributed by atoms with van der Waals surface area (Å²) in [4.78, 5) is 0. The van der Waals surface area contributed by atoms with Gasteiger partial charge in [0.2, 0.25) is 0 Å². The minimum Gasteiger partial charge on any atom is -0.488 e. The molecule has 0 bridgehead atoms. The number of nitrogens with zero attached hydrogens (tertiary/aromatic N) is 1. The van der Waals surface area contributed by atoms with Gasteiger partial charge in [-0.25, -0.2) is 0 Å². The lowest BCUT2D eigenvalue weighted by Crippen LogP contribution is -2.35. The molecule has 1 N–H and O–H groups in total. The number of ether oxygens (including phenoxy) is 1. The van der Waals surface area contributed by atoms with Crippen molar-refractivity contribution in [1.82, 2.24) is 10.5 Å². The maximum atomic E-state index is 5.75. The van der Waals surface area contributed by atoms with Gasteiger partial charge < -0.3 is 14.6 Å². The standard InChI is InChI=1S/C15H18N2O2/c1-15(2,3)16-8-12-11-9-18-13-7-5-4-6-10(13)14(11)19-17-12/h4-7,16H,8-9H2,1-3H3. The van der Waals surface area contributed by atoms with Crippen molar-refractivity contribution in [2.45, 2.75) is 39.5 Å². The Balaban J connectivity index is 1.91. The van der Waals surface area contributed by atoms with Crippen LogP contribution in [-0.4, -0.2) is 10.7 Å². The van der Waals surface area contributed by atoms with Crippen LogP contribution in [0.5, 0.6) is 5.75 Å². The molecule has 0 radical (unpaired) electrons. The highest BCUT2D eigenvalue weighted by atomic mass is 16.5. The summed E-state index contributed by atoms with van der Waals surface area (Å²) in [5, 5.41) is 7.60. The van der Waals surface area contributed by atoms with Crippen LogP contribution in [0.2, 0.25) is 0 Å². The molecule has 0 fully saturated rings. The van der Waals surface area contributed by atoms with Crippen molar-refractivity contribution in [2.24, 2.45) is 0 Å². The minimum atomic E-state index is 0.0548. The van der Waals surface area contributed by atoms with Crippen molar-refractivity contribution < 1.29 is 9.26 Å². The number of hydrogen-bond donors (Lipinski definition) is 1. The maximum Gasteiger partial charge on any atom is 0.177 e. The van der Waals surface area contributed by atoms with Gasteiger partial charge in [-0.1, -0.05) is 17.3 Å². The Labute approximate surface area is 112 Å². The number of benzene rings is 1. The van der Waals surface area contributed by atoms with Crippen LogP contribution in [0, 0.1) is 0 Å². The van der Waals surface area contributed by atoms with E-state index < -0.39 is 0 Å². The molecule has 1 aromatic heterocycles. The number of aromatic nitrogens is 1. The van der Waals surface area contributed by atoms with Crippen LogP contribution in [0.4, 0.5) is 0 Å². The summed E-state index contributed by atoms with van der Waals surface area (Å²) in [7, 11) is 0. The first-order valence-corrected chi connectivity index (χ1v) is 6.49. The van der Waals surface area contributed by atoms with Gasteiger partial charge in [0.1, 0.15) is 18.1 Å². The van der Waals surface area contributed by atoms with Crippen LogP contribution in [0.1, 0.15) is 32.0 Å². The number of fused-ring (bicyclic) bond motifs is 3. The zero-order chi connectivity index (χ0) is 13.5. The second kappa shape index (κ2) is 4.38. The zero-order valence-corrected chi connectivity index (χ0v) is 11.5. The third-order valence-electron chi connectivity index (χ3n) is 3.16. The normalized spacial score (nSPS) is 13.6. The molecule has 2 aromatic rings. The van der Waals surface area contributed by atoms with Crippen molar-refractivity contribution in [1.29, 1.82) is 0 Å². The molecule has 0 saturated heterocycles. The largest absolute Gasteiger partial charge is 0.488 e. The highest BCUT2D eigenvalue weighted by molar-refractivity contribution is 5.70. The number of hydrogen-bond acceptors (Lipinski definition) is 4. The van der Waals surface area contributed by atoms with Gasteiger partial charge in [-0.05, 0) is 32.9 Å². The summed E-state index contributed by atoms with van der Waals surface area (Å²) < 4.78 is 11.3. The van der Waals surface area contributed by atoms with Crippen molar-refractivity contribution >= 4 is 0 Å². The van der Waals surface area contributed by atoms with E-state index in [0.717, 1.165) is 28.3 Å². The van der Waals surface area contributed by atoms with E-state index in [2.05, 4.69) is 31.2 Å². The Morgan fingerprint density at radius 2 is 2.05 bits per heavy atom. The van der Waals surface area contributed by atoms with E-state index in [1.165, 1.54) is 0 Å². The second-order valence-electron chi connectivity index (χ2n) is 5.83. The van der Waals surface area contributed by atoms with E-state index in [1.54, 1.807) is 0 Å². The Kier molecular flexibility index (Phi) is 2.82. The van der Waals surface area contributed by atoms with Gasteiger partial charge in [0.15, 0.2) is 5.76 Å². The smallest absolute Gasteiger partial charge is 0.177 e. The molecule has 0 aliphatic carbocycles. The van der Waals surface area contributed by atoms with Gasteiger partial charge in [0.25, 0.3) is 0 Å². The van der Waals surface area contributed by atoms with Gasteiger partial charge in [-0.3, -0.25) is 0 Å². The molecule has 19 heavy (non-hydrogen) atoms. The Bertz CT molecular complexity index is 596. The summed E-state index contributed by atoms with van der Waals surface area (Å²) in [6.07, 6.45) is 0. The van der Waals surface area contributed by atoms with Crippen molar-refractivity contribution in [3.63, 3.8) is 0 Å². The molecular weight excluding hydrogens is 240 g/mol. The van der Waals surface area contributed by atoms with Gasteiger partial charge >= 0.3 is 0 Å². The van der Waals surface area contributed by atoms with Crippen molar-refractivity contribution in [2.75, 3.05) is 0 Å².